The Morgan fingerprint density at radius 3 is 2.50 bits per heavy atom. The zero-order valence-electron chi connectivity index (χ0n) is 14.1. The molecule has 0 aromatic rings. The molecule has 148 valence electrons. The molecule has 3 aliphatic rings. The quantitative estimate of drug-likeness (QED) is 0.316. The van der Waals surface area contributed by atoms with Crippen molar-refractivity contribution in [2.75, 3.05) is 6.61 Å². The lowest BCUT2D eigenvalue weighted by atomic mass is 9.83. The fraction of sp³-hybridized carbons (Fsp3) is 0.812. The Morgan fingerprint density at radius 1 is 1.19 bits per heavy atom. The highest BCUT2D eigenvalue weighted by Gasteiger charge is 2.53. The molecule has 10 heteroatoms. The van der Waals surface area contributed by atoms with Gasteiger partial charge in [-0.25, -0.2) is 4.79 Å². The van der Waals surface area contributed by atoms with Crippen molar-refractivity contribution in [2.24, 2.45) is 17.8 Å². The van der Waals surface area contributed by atoms with Crippen molar-refractivity contribution in [1.29, 1.82) is 0 Å². The molecule has 3 rings (SSSR count). The van der Waals surface area contributed by atoms with Crippen LogP contribution in [-0.2, 0) is 19.0 Å². The van der Waals surface area contributed by atoms with Crippen LogP contribution in [0.4, 0.5) is 0 Å². The largest absolute Gasteiger partial charge is 0.478 e. The summed E-state index contributed by atoms with van der Waals surface area (Å²) in [4.78, 5) is 11.4. The maximum Gasteiger partial charge on any atom is 0.334 e. The van der Waals surface area contributed by atoms with Crippen LogP contribution < -0.4 is 0 Å². The second kappa shape index (κ2) is 7.39. The molecule has 1 aliphatic carbocycles. The predicted octanol–water partition coefficient (Wildman–Crippen LogP) is -2.24. The number of fused-ring (bicyclic) bond motifs is 1. The second-order valence-electron chi connectivity index (χ2n) is 7.06. The Kier molecular flexibility index (Phi) is 5.54. The Bertz CT molecular complexity index is 563. The minimum Gasteiger partial charge on any atom is -0.478 e. The first kappa shape index (κ1) is 19.5. The van der Waals surface area contributed by atoms with Crippen LogP contribution in [0.15, 0.2) is 11.8 Å². The third-order valence-electron chi connectivity index (χ3n) is 5.58. The summed E-state index contributed by atoms with van der Waals surface area (Å²) in [5.41, 5.74) is 0.0343. The van der Waals surface area contributed by atoms with Gasteiger partial charge in [0.05, 0.1) is 24.5 Å². The summed E-state index contributed by atoms with van der Waals surface area (Å²) in [6, 6.07) is 0. The molecule has 0 aromatic heterocycles. The monoisotopic (exact) mass is 376 g/mol. The number of carboxylic acid groups (broad SMARTS) is 1. The highest BCUT2D eigenvalue weighted by Crippen LogP contribution is 2.47. The molecule has 2 heterocycles. The predicted molar refractivity (Wildman–Crippen MR) is 82.2 cm³/mol. The van der Waals surface area contributed by atoms with Crippen molar-refractivity contribution in [3.63, 3.8) is 0 Å². The number of aliphatic hydroxyl groups excluding tert-OH is 5. The van der Waals surface area contributed by atoms with Crippen LogP contribution in [0.5, 0.6) is 0 Å². The summed E-state index contributed by atoms with van der Waals surface area (Å²) in [5.74, 6) is -2.49. The first-order chi connectivity index (χ1) is 12.3. The molecule has 0 spiro atoms. The van der Waals surface area contributed by atoms with Gasteiger partial charge in [-0.05, 0) is 12.3 Å². The molecule has 1 saturated heterocycles. The third-order valence-corrected chi connectivity index (χ3v) is 5.58. The zero-order chi connectivity index (χ0) is 19.2. The molecule has 0 amide bonds. The third kappa shape index (κ3) is 3.22. The molecule has 10 atom stereocenters. The van der Waals surface area contributed by atoms with Gasteiger partial charge in [-0.3, -0.25) is 0 Å². The summed E-state index contributed by atoms with van der Waals surface area (Å²) in [7, 11) is 0. The molecular weight excluding hydrogens is 352 g/mol. The SMILES string of the molecule is CC1[C@H]2[C@H](O[C@@H]3O[C@H](CO)[C@@H](O)[C@H](O)[C@H]3O)OC=C(C(=O)O)[C@H]2C[C@@H]1O. The molecule has 0 aromatic carbocycles. The number of ether oxygens (including phenoxy) is 3. The van der Waals surface area contributed by atoms with Crippen molar-refractivity contribution >= 4 is 5.97 Å². The molecule has 6 N–H and O–H groups in total. The average molecular weight is 376 g/mol. The number of carboxylic acids is 1. The highest BCUT2D eigenvalue weighted by molar-refractivity contribution is 5.87. The fourth-order valence-electron chi connectivity index (χ4n) is 3.99. The molecule has 1 saturated carbocycles. The van der Waals surface area contributed by atoms with Crippen LogP contribution in [-0.4, -0.2) is 86.3 Å². The van der Waals surface area contributed by atoms with Gasteiger partial charge >= 0.3 is 5.97 Å². The fourth-order valence-corrected chi connectivity index (χ4v) is 3.99. The minimum absolute atomic E-state index is 0.0343. The van der Waals surface area contributed by atoms with Crippen molar-refractivity contribution in [1.82, 2.24) is 0 Å². The highest BCUT2D eigenvalue weighted by atomic mass is 16.8. The van der Waals surface area contributed by atoms with Crippen molar-refractivity contribution in [2.45, 2.75) is 56.4 Å². The van der Waals surface area contributed by atoms with Gasteiger partial charge < -0.3 is 44.8 Å². The van der Waals surface area contributed by atoms with E-state index in [9.17, 15) is 35.4 Å². The number of hydrogen-bond acceptors (Lipinski definition) is 9. The molecule has 0 radical (unpaired) electrons. The number of rotatable bonds is 4. The van der Waals surface area contributed by atoms with E-state index in [2.05, 4.69) is 0 Å². The molecule has 2 fully saturated rings. The lowest BCUT2D eigenvalue weighted by Gasteiger charge is -2.43. The Hall–Kier alpha value is -1.27. The maximum atomic E-state index is 11.4. The lowest BCUT2D eigenvalue weighted by Crippen LogP contribution is -2.60. The molecule has 1 unspecified atom stereocenters. The van der Waals surface area contributed by atoms with Crippen LogP contribution >= 0.6 is 0 Å². The Balaban J connectivity index is 1.79. The van der Waals surface area contributed by atoms with E-state index in [1.165, 1.54) is 0 Å². The van der Waals surface area contributed by atoms with E-state index in [1.54, 1.807) is 6.92 Å². The summed E-state index contributed by atoms with van der Waals surface area (Å²) < 4.78 is 16.3. The number of aliphatic carboxylic acids is 1. The van der Waals surface area contributed by atoms with Gasteiger partial charge in [0.25, 0.3) is 0 Å². The van der Waals surface area contributed by atoms with E-state index in [0.717, 1.165) is 6.26 Å². The zero-order valence-corrected chi connectivity index (χ0v) is 14.1. The van der Waals surface area contributed by atoms with Gasteiger partial charge in [0.2, 0.25) is 6.29 Å². The van der Waals surface area contributed by atoms with Crippen LogP contribution in [0.2, 0.25) is 0 Å². The average Bonchev–Trinajstić information content (AvgIpc) is 2.90. The summed E-state index contributed by atoms with van der Waals surface area (Å²) >= 11 is 0. The van der Waals surface area contributed by atoms with E-state index in [-0.39, 0.29) is 17.9 Å². The van der Waals surface area contributed by atoms with Gasteiger partial charge in [0, 0.05) is 11.8 Å². The van der Waals surface area contributed by atoms with Gasteiger partial charge in [0.1, 0.15) is 24.4 Å². The van der Waals surface area contributed by atoms with Crippen LogP contribution in [0.1, 0.15) is 13.3 Å². The topological polar surface area (TPSA) is 166 Å². The molecular formula is C16H24O10. The van der Waals surface area contributed by atoms with E-state index < -0.39 is 67.5 Å². The van der Waals surface area contributed by atoms with Crippen LogP contribution in [0, 0.1) is 17.8 Å². The molecule has 26 heavy (non-hydrogen) atoms. The first-order valence-corrected chi connectivity index (χ1v) is 8.49. The number of carbonyl (C=O) groups is 1. The number of hydrogen-bond donors (Lipinski definition) is 6. The number of aliphatic hydroxyl groups is 5. The normalized spacial score (nSPS) is 48.5. The van der Waals surface area contributed by atoms with E-state index in [4.69, 9.17) is 14.2 Å². The standard InChI is InChI=1S/C16H24O10/c1-5-8(18)2-6-7(14(22)23)4-24-15(10(5)6)26-16-13(21)12(20)11(19)9(3-17)25-16/h4-6,8-13,15-21H,2-3H2,1H3,(H,22,23)/t5?,6-,8+,9-,10-,11-,12+,13-,15+,16+/m1/s1. The van der Waals surface area contributed by atoms with Crippen molar-refractivity contribution < 1.29 is 49.6 Å². The molecule has 2 aliphatic heterocycles. The van der Waals surface area contributed by atoms with Gasteiger partial charge in [-0.1, -0.05) is 6.92 Å². The Labute approximate surface area is 149 Å². The maximum absolute atomic E-state index is 11.4. The van der Waals surface area contributed by atoms with E-state index in [1.807, 2.05) is 0 Å². The van der Waals surface area contributed by atoms with Gasteiger partial charge in [-0.2, -0.15) is 0 Å². The first-order valence-electron chi connectivity index (χ1n) is 8.49. The lowest BCUT2D eigenvalue weighted by molar-refractivity contribution is -0.342. The Morgan fingerprint density at radius 2 is 1.88 bits per heavy atom. The molecule has 0 bridgehead atoms. The van der Waals surface area contributed by atoms with Crippen LogP contribution in [0.3, 0.4) is 0 Å². The van der Waals surface area contributed by atoms with Gasteiger partial charge in [0.15, 0.2) is 6.29 Å². The minimum atomic E-state index is -1.60. The van der Waals surface area contributed by atoms with Gasteiger partial charge in [-0.15, -0.1) is 0 Å². The molecule has 10 nitrogen and oxygen atoms in total. The van der Waals surface area contributed by atoms with Crippen molar-refractivity contribution in [3.8, 4) is 0 Å². The van der Waals surface area contributed by atoms with E-state index >= 15 is 0 Å². The summed E-state index contributed by atoms with van der Waals surface area (Å²) in [6.45, 7) is 1.15. The second-order valence-corrected chi connectivity index (χ2v) is 7.06. The van der Waals surface area contributed by atoms with E-state index in [0.29, 0.717) is 0 Å². The van der Waals surface area contributed by atoms with Crippen molar-refractivity contribution in [3.05, 3.63) is 11.8 Å². The smallest absolute Gasteiger partial charge is 0.334 e. The summed E-state index contributed by atoms with van der Waals surface area (Å²) in [6.07, 6.45) is -7.71. The van der Waals surface area contributed by atoms with Crippen LogP contribution in [0.25, 0.3) is 0 Å². The summed E-state index contributed by atoms with van der Waals surface area (Å²) in [5, 5.41) is 58.5.